The number of nitrogens with one attached hydrogen (secondary N) is 1. The highest BCUT2D eigenvalue weighted by Gasteiger charge is 2.21. The van der Waals surface area contributed by atoms with Crippen molar-refractivity contribution in [1.82, 2.24) is 4.98 Å². The van der Waals surface area contributed by atoms with E-state index < -0.39 is 17.4 Å². The van der Waals surface area contributed by atoms with Gasteiger partial charge in [-0.05, 0) is 0 Å². The molecular weight excluding hydrogens is 344 g/mol. The Labute approximate surface area is 137 Å². The first-order chi connectivity index (χ1) is 10.8. The summed E-state index contributed by atoms with van der Waals surface area (Å²) in [4.78, 5) is 48.2. The lowest BCUT2D eigenvalue weighted by Gasteiger charge is -2.01. The third kappa shape index (κ3) is 3.71. The topological polar surface area (TPSA) is 140 Å². The lowest BCUT2D eigenvalue weighted by atomic mass is 10.2. The number of thioether (sulfide) groups is 1. The fourth-order valence-corrected chi connectivity index (χ4v) is 4.13. The summed E-state index contributed by atoms with van der Waals surface area (Å²) in [6, 6.07) is 0.987. The van der Waals surface area contributed by atoms with Crippen LogP contribution >= 0.6 is 23.1 Å². The summed E-state index contributed by atoms with van der Waals surface area (Å²) in [5.41, 5.74) is 4.92. The van der Waals surface area contributed by atoms with Crippen molar-refractivity contribution in [2.24, 2.45) is 5.73 Å². The molecule has 8 nitrogen and oxygen atoms in total. The van der Waals surface area contributed by atoms with Gasteiger partial charge in [0.05, 0.1) is 32.9 Å². The number of aromatic nitrogens is 1. The van der Waals surface area contributed by atoms with Crippen molar-refractivity contribution in [1.29, 1.82) is 0 Å². The molecule has 0 unspecified atom stereocenters. The normalized spacial score (nSPS) is 10.7. The van der Waals surface area contributed by atoms with E-state index in [0.717, 1.165) is 29.2 Å². The molecule has 2 rings (SSSR count). The van der Waals surface area contributed by atoms with Gasteiger partial charge in [0.2, 0.25) is 0 Å². The number of carbonyl (C=O) groups is 3. The van der Waals surface area contributed by atoms with Gasteiger partial charge in [-0.1, -0.05) is 0 Å². The molecule has 0 saturated heterocycles. The first-order valence-corrected chi connectivity index (χ1v) is 8.03. The monoisotopic (exact) mass is 356 g/mol. The largest absolute Gasteiger partial charge is 0.506 e. The van der Waals surface area contributed by atoms with Gasteiger partial charge >= 0.3 is 5.97 Å². The van der Waals surface area contributed by atoms with Crippen LogP contribution in [0.3, 0.4) is 0 Å². The van der Waals surface area contributed by atoms with E-state index in [1.807, 2.05) is 0 Å². The molecule has 0 spiro atoms. The smallest absolute Gasteiger partial charge is 0.313 e. The quantitative estimate of drug-likeness (QED) is 0.391. The summed E-state index contributed by atoms with van der Waals surface area (Å²) in [6.07, 6.45) is -0.373. The predicted molar refractivity (Wildman–Crippen MR) is 85.0 cm³/mol. The zero-order chi connectivity index (χ0) is 17.1. The summed E-state index contributed by atoms with van der Waals surface area (Å²) < 4.78 is 5.07. The van der Waals surface area contributed by atoms with Crippen LogP contribution in [0.4, 0.5) is 0 Å². The number of thiophene rings is 1. The highest BCUT2D eigenvalue weighted by atomic mass is 32.2. The fraction of sp³-hybridized carbons (Fsp3) is 0.231. The molecule has 2 heterocycles. The molecule has 4 N–H and O–H groups in total. The first kappa shape index (κ1) is 17.0. The number of amides is 1. The highest BCUT2D eigenvalue weighted by Crippen LogP contribution is 2.40. The van der Waals surface area contributed by atoms with Crippen LogP contribution in [0.15, 0.2) is 15.1 Å². The maximum atomic E-state index is 11.7. The number of aromatic amines is 1. The average molecular weight is 356 g/mol. The zero-order valence-corrected chi connectivity index (χ0v) is 13.5. The molecule has 0 saturated carbocycles. The summed E-state index contributed by atoms with van der Waals surface area (Å²) in [5.74, 6) is -2.17. The van der Waals surface area contributed by atoms with Crippen LogP contribution in [0.2, 0.25) is 0 Å². The molecule has 0 aliphatic carbocycles. The number of carbonyl (C=O) groups excluding carboxylic acids is 3. The van der Waals surface area contributed by atoms with Gasteiger partial charge in [0.15, 0.2) is 5.78 Å². The van der Waals surface area contributed by atoms with Crippen LogP contribution in [0, 0.1) is 0 Å². The van der Waals surface area contributed by atoms with Gasteiger partial charge in [-0.2, -0.15) is 0 Å². The van der Waals surface area contributed by atoms with Gasteiger partial charge in [-0.15, -0.1) is 23.1 Å². The van der Waals surface area contributed by atoms with Crippen molar-refractivity contribution >= 4 is 51.0 Å². The molecule has 122 valence electrons. The number of methoxy groups -OCH3 is 1. The second-order valence-corrected chi connectivity index (χ2v) is 6.70. The van der Waals surface area contributed by atoms with Gasteiger partial charge < -0.3 is 20.6 Å². The number of esters is 1. The SMILES string of the molecule is COC(=O)CC(=O)CSc1sc2c(O)cc(=O)[nH]c2c1C(N)=O. The molecule has 2 aromatic rings. The highest BCUT2D eigenvalue weighted by molar-refractivity contribution is 8.02. The van der Waals surface area contributed by atoms with Gasteiger partial charge in [-0.25, -0.2) is 0 Å². The van der Waals surface area contributed by atoms with E-state index in [2.05, 4.69) is 9.72 Å². The molecule has 0 bridgehead atoms. The first-order valence-electron chi connectivity index (χ1n) is 6.23. The molecule has 0 atom stereocenters. The van der Waals surface area contributed by atoms with Gasteiger partial charge in [0.25, 0.3) is 11.5 Å². The molecular formula is C13H12N2O6S2. The number of ether oxygens (including phenoxy) is 1. The van der Waals surface area contributed by atoms with Crippen molar-refractivity contribution in [3.63, 3.8) is 0 Å². The lowest BCUT2D eigenvalue weighted by molar-refractivity contribution is -0.142. The van der Waals surface area contributed by atoms with Crippen LogP contribution in [0.5, 0.6) is 5.75 Å². The molecule has 23 heavy (non-hydrogen) atoms. The van der Waals surface area contributed by atoms with Crippen molar-refractivity contribution < 1.29 is 24.2 Å². The Balaban J connectivity index is 2.34. The molecule has 0 aromatic carbocycles. The van der Waals surface area contributed by atoms with Crippen LogP contribution in [0.1, 0.15) is 16.8 Å². The lowest BCUT2D eigenvalue weighted by Crippen LogP contribution is -2.14. The molecule has 1 amide bonds. The Bertz CT molecular complexity index is 854. The Hall–Kier alpha value is -2.33. The third-order valence-corrected chi connectivity index (χ3v) is 5.35. The number of hydrogen-bond acceptors (Lipinski definition) is 8. The van der Waals surface area contributed by atoms with Crippen LogP contribution < -0.4 is 11.3 Å². The van der Waals surface area contributed by atoms with Gasteiger partial charge in [0.1, 0.15) is 12.2 Å². The maximum absolute atomic E-state index is 11.7. The summed E-state index contributed by atoms with van der Waals surface area (Å²) in [7, 11) is 1.18. The van der Waals surface area contributed by atoms with Crippen molar-refractivity contribution in [2.75, 3.05) is 12.9 Å². The van der Waals surface area contributed by atoms with Crippen LogP contribution in [0.25, 0.3) is 10.2 Å². The van der Waals surface area contributed by atoms with E-state index in [-0.39, 0.29) is 34.8 Å². The van der Waals surface area contributed by atoms with E-state index >= 15 is 0 Å². The van der Waals surface area contributed by atoms with E-state index in [9.17, 15) is 24.3 Å². The molecule has 0 aliphatic heterocycles. The Morgan fingerprint density at radius 1 is 1.43 bits per heavy atom. The number of ketones is 1. The Morgan fingerprint density at radius 3 is 2.74 bits per heavy atom. The number of hydrogen-bond donors (Lipinski definition) is 3. The van der Waals surface area contributed by atoms with Gasteiger partial charge in [-0.3, -0.25) is 19.2 Å². The Kier molecular flexibility index (Phi) is 5.06. The van der Waals surface area contributed by atoms with Crippen molar-refractivity contribution in [3.8, 4) is 5.75 Å². The third-order valence-electron chi connectivity index (χ3n) is 2.80. The summed E-state index contributed by atoms with van der Waals surface area (Å²) >= 11 is 2.03. The number of nitrogens with two attached hydrogens (primary N) is 1. The van der Waals surface area contributed by atoms with Crippen molar-refractivity contribution in [3.05, 3.63) is 22.0 Å². The van der Waals surface area contributed by atoms with E-state index in [1.165, 1.54) is 7.11 Å². The van der Waals surface area contributed by atoms with Crippen LogP contribution in [-0.4, -0.2) is 40.6 Å². The van der Waals surface area contributed by atoms with Gasteiger partial charge in [0, 0.05) is 6.07 Å². The fourth-order valence-electron chi connectivity index (χ4n) is 1.81. The molecule has 2 aromatic heterocycles. The standard InChI is InChI=1S/C13H12N2O6S2/c1-21-8(19)2-5(16)4-22-13-9(12(14)20)10-11(23-13)6(17)3-7(18)15-10/h3H,2,4H2,1H3,(H2,14,20)(H2,15,17,18). The predicted octanol–water partition coefficient (Wildman–Crippen LogP) is 0.618. The number of pyridine rings is 1. The number of H-pyrrole nitrogens is 1. The number of fused-ring (bicyclic) bond motifs is 1. The second-order valence-electron chi connectivity index (χ2n) is 4.43. The molecule has 0 aliphatic rings. The molecule has 10 heteroatoms. The van der Waals surface area contributed by atoms with E-state index in [1.54, 1.807) is 0 Å². The average Bonchev–Trinajstić information content (AvgIpc) is 2.83. The molecule has 0 fully saturated rings. The maximum Gasteiger partial charge on any atom is 0.313 e. The number of Topliss-reactive ketones (excluding diaryl/α,β-unsaturated/α-hetero) is 1. The minimum Gasteiger partial charge on any atom is -0.506 e. The van der Waals surface area contributed by atoms with Crippen LogP contribution in [-0.2, 0) is 14.3 Å². The van der Waals surface area contributed by atoms with E-state index in [0.29, 0.717) is 8.91 Å². The minimum absolute atomic E-state index is 0.0360. The number of rotatable bonds is 6. The molecule has 0 radical (unpaired) electrons. The summed E-state index contributed by atoms with van der Waals surface area (Å²) in [5, 5.41) is 9.80. The Morgan fingerprint density at radius 2 is 2.13 bits per heavy atom. The summed E-state index contributed by atoms with van der Waals surface area (Å²) in [6.45, 7) is 0. The number of primary amides is 1. The van der Waals surface area contributed by atoms with E-state index in [4.69, 9.17) is 5.73 Å². The van der Waals surface area contributed by atoms with Crippen molar-refractivity contribution in [2.45, 2.75) is 10.6 Å². The zero-order valence-electron chi connectivity index (χ0n) is 11.9. The second kappa shape index (κ2) is 6.84. The minimum atomic E-state index is -0.791. The number of aromatic hydroxyl groups is 1.